The van der Waals surface area contributed by atoms with Crippen LogP contribution in [0.5, 0.6) is 23.0 Å². The molecule has 0 radical (unpaired) electrons. The molecule has 0 bridgehead atoms. The molecule has 0 aliphatic carbocycles. The number of benzene rings is 2. The van der Waals surface area contributed by atoms with Crippen LogP contribution in [0.4, 0.5) is 0 Å². The Labute approximate surface area is 236 Å². The highest BCUT2D eigenvalue weighted by atomic mass is 33.1. The number of hydrogen-bond acceptors (Lipinski definition) is 9. The van der Waals surface area contributed by atoms with E-state index in [1.165, 1.54) is 79.6 Å². The second kappa shape index (κ2) is 12.5. The average molecular weight is 579 g/mol. The third-order valence-corrected chi connectivity index (χ3v) is 7.75. The molecule has 0 unspecified atom stereocenters. The standard InChI is InChI=1S/C28H26N4O6S2/c1-3-10-31-25(29-21(26(31)37)15-17-13-19(33)5-7-23(17)35)9-12-39-40-28-30-22(27(38)32(28)11-4-2)16-18-14-20(34)6-8-24(18)36/h3-9,13-16,29,33-36H,1-2,10-12H2/b21-15-,22-16-,25-9?. The number of aromatic hydroxyl groups is 4. The minimum Gasteiger partial charge on any atom is -0.508 e. The van der Waals surface area contributed by atoms with Gasteiger partial charge in [-0.15, -0.1) is 13.2 Å². The van der Waals surface area contributed by atoms with Crippen molar-refractivity contribution in [3.63, 3.8) is 0 Å². The molecule has 0 saturated carbocycles. The molecule has 2 aromatic carbocycles. The number of amidine groups is 1. The van der Waals surface area contributed by atoms with Crippen molar-refractivity contribution in [1.82, 2.24) is 14.5 Å². The van der Waals surface area contributed by atoms with Crippen molar-refractivity contribution in [3.8, 4) is 23.0 Å². The van der Waals surface area contributed by atoms with E-state index in [1.54, 1.807) is 18.2 Å². The number of H-pyrrole nitrogens is 1. The van der Waals surface area contributed by atoms with Gasteiger partial charge in [0.05, 0.1) is 0 Å². The second-order valence-corrected chi connectivity index (χ2v) is 10.8. The summed E-state index contributed by atoms with van der Waals surface area (Å²) < 4.78 is 1.49. The highest BCUT2D eigenvalue weighted by Crippen LogP contribution is 2.33. The zero-order valence-corrected chi connectivity index (χ0v) is 22.8. The van der Waals surface area contributed by atoms with Crippen LogP contribution in [0.15, 0.2) is 77.2 Å². The van der Waals surface area contributed by atoms with Gasteiger partial charge >= 0.3 is 0 Å². The summed E-state index contributed by atoms with van der Waals surface area (Å²) in [5.41, 5.74) is 0.858. The lowest BCUT2D eigenvalue weighted by Crippen LogP contribution is -2.31. The third kappa shape index (κ3) is 6.35. The Morgan fingerprint density at radius 1 is 0.900 bits per heavy atom. The first-order valence-corrected chi connectivity index (χ1v) is 14.2. The van der Waals surface area contributed by atoms with E-state index in [-0.39, 0.29) is 69.7 Å². The summed E-state index contributed by atoms with van der Waals surface area (Å²) in [5, 5.41) is 40.3. The van der Waals surface area contributed by atoms with Gasteiger partial charge < -0.3 is 25.4 Å². The van der Waals surface area contributed by atoms with Gasteiger partial charge in [0.25, 0.3) is 11.5 Å². The Hall–Kier alpha value is -4.55. The summed E-state index contributed by atoms with van der Waals surface area (Å²) in [4.78, 5) is 34.8. The molecule has 0 fully saturated rings. The van der Waals surface area contributed by atoms with Gasteiger partial charge in [-0.2, -0.15) is 0 Å². The van der Waals surface area contributed by atoms with Gasteiger partial charge in [0, 0.05) is 30.0 Å². The molecule has 1 aromatic heterocycles. The predicted molar refractivity (Wildman–Crippen MR) is 159 cm³/mol. The van der Waals surface area contributed by atoms with Gasteiger partial charge in [-0.05, 0) is 65.4 Å². The molecule has 206 valence electrons. The molecule has 3 aromatic rings. The molecular weight excluding hydrogens is 552 g/mol. The zero-order chi connectivity index (χ0) is 28.8. The minimum atomic E-state index is -0.366. The fourth-order valence-electron chi connectivity index (χ4n) is 3.78. The van der Waals surface area contributed by atoms with Crippen LogP contribution in [-0.2, 0) is 11.3 Å². The number of aliphatic imine (C=N–C) groups is 1. The van der Waals surface area contributed by atoms with Crippen LogP contribution >= 0.6 is 21.6 Å². The molecule has 10 nitrogen and oxygen atoms in total. The van der Waals surface area contributed by atoms with Gasteiger partial charge in [-0.3, -0.25) is 19.1 Å². The predicted octanol–water partition coefficient (Wildman–Crippen LogP) is 2.60. The number of hydrogen-bond donors (Lipinski definition) is 5. The summed E-state index contributed by atoms with van der Waals surface area (Å²) in [6.45, 7) is 7.90. The highest BCUT2D eigenvalue weighted by molar-refractivity contribution is 8.82. The third-order valence-electron chi connectivity index (χ3n) is 5.66. The van der Waals surface area contributed by atoms with Crippen LogP contribution in [0.2, 0.25) is 0 Å². The Morgan fingerprint density at radius 2 is 1.52 bits per heavy atom. The summed E-state index contributed by atoms with van der Waals surface area (Å²) in [5.74, 6) is -0.210. The summed E-state index contributed by atoms with van der Waals surface area (Å²) in [6, 6.07) is 8.05. The van der Waals surface area contributed by atoms with Crippen molar-refractivity contribution < 1.29 is 25.2 Å². The second-order valence-electron chi connectivity index (χ2n) is 8.46. The largest absolute Gasteiger partial charge is 0.508 e. The Bertz CT molecular complexity index is 1720. The van der Waals surface area contributed by atoms with Crippen LogP contribution in [0.1, 0.15) is 11.1 Å². The lowest BCUT2D eigenvalue weighted by Gasteiger charge is -2.14. The van der Waals surface area contributed by atoms with Gasteiger partial charge in [0.2, 0.25) is 0 Å². The first kappa shape index (κ1) is 28.5. The van der Waals surface area contributed by atoms with Gasteiger partial charge in [0.15, 0.2) is 5.17 Å². The Balaban J connectivity index is 1.57. The van der Waals surface area contributed by atoms with Crippen molar-refractivity contribution in [2.45, 2.75) is 6.54 Å². The molecule has 2 heterocycles. The maximum absolute atomic E-state index is 13.0. The maximum Gasteiger partial charge on any atom is 0.278 e. The number of rotatable bonds is 9. The van der Waals surface area contributed by atoms with Gasteiger partial charge in [-0.25, -0.2) is 4.99 Å². The molecule has 1 aliphatic rings. The number of carbonyl (C=O) groups is 1. The minimum absolute atomic E-state index is 0.0437. The van der Waals surface area contributed by atoms with E-state index in [2.05, 4.69) is 23.1 Å². The molecule has 0 saturated heterocycles. The van der Waals surface area contributed by atoms with Crippen molar-refractivity contribution in [2.75, 3.05) is 12.3 Å². The number of phenols is 4. The molecule has 12 heteroatoms. The van der Waals surface area contributed by atoms with Crippen LogP contribution in [0.3, 0.4) is 0 Å². The van der Waals surface area contributed by atoms with Gasteiger partial charge in [-0.1, -0.05) is 22.9 Å². The Morgan fingerprint density at radius 3 is 2.15 bits per heavy atom. The number of amides is 1. The number of allylic oxidation sites excluding steroid dienone is 1. The SMILES string of the molecule is C=CCN1C(=O)/C(=C/c2cc(O)ccc2O)N=C1SSCC=c1[nH]/c(=C\c2cc(O)ccc2O)c(=O)n1CC=C. The van der Waals surface area contributed by atoms with E-state index >= 15 is 0 Å². The van der Waals surface area contributed by atoms with E-state index in [4.69, 9.17) is 0 Å². The number of carbonyl (C=O) groups excluding carboxylic acids is 1. The van der Waals surface area contributed by atoms with Crippen LogP contribution in [0, 0.1) is 0 Å². The van der Waals surface area contributed by atoms with Crippen molar-refractivity contribution in [1.29, 1.82) is 0 Å². The molecule has 5 N–H and O–H groups in total. The smallest absolute Gasteiger partial charge is 0.278 e. The molecule has 0 spiro atoms. The van der Waals surface area contributed by atoms with Crippen molar-refractivity contribution in [2.24, 2.45) is 4.99 Å². The van der Waals surface area contributed by atoms with E-state index in [0.29, 0.717) is 16.4 Å². The maximum atomic E-state index is 13.0. The van der Waals surface area contributed by atoms with Crippen LogP contribution < -0.4 is 16.4 Å². The monoisotopic (exact) mass is 578 g/mol. The van der Waals surface area contributed by atoms with E-state index in [0.717, 1.165) is 0 Å². The van der Waals surface area contributed by atoms with Crippen molar-refractivity contribution >= 4 is 50.9 Å². The van der Waals surface area contributed by atoms with Crippen LogP contribution in [0.25, 0.3) is 18.2 Å². The zero-order valence-electron chi connectivity index (χ0n) is 21.1. The molecular formula is C28H26N4O6S2. The fraction of sp³-hybridized carbons (Fsp3) is 0.107. The molecule has 1 aliphatic heterocycles. The van der Waals surface area contributed by atoms with E-state index in [1.807, 2.05) is 0 Å². The quantitative estimate of drug-likeness (QED) is 0.0855. The Kier molecular flexibility index (Phi) is 8.92. The van der Waals surface area contributed by atoms with Crippen LogP contribution in [-0.4, -0.2) is 58.2 Å². The average Bonchev–Trinajstić information content (AvgIpc) is 3.37. The highest BCUT2D eigenvalue weighted by Gasteiger charge is 2.30. The number of imidazole rings is 1. The number of aromatic amines is 1. The normalized spacial score (nSPS) is 15.2. The summed E-state index contributed by atoms with van der Waals surface area (Å²) in [6.07, 6.45) is 7.84. The van der Waals surface area contributed by atoms with E-state index in [9.17, 15) is 30.0 Å². The summed E-state index contributed by atoms with van der Waals surface area (Å²) in [7, 11) is 2.65. The lowest BCUT2D eigenvalue weighted by atomic mass is 10.1. The lowest BCUT2D eigenvalue weighted by molar-refractivity contribution is -0.122. The topological polar surface area (TPSA) is 151 Å². The molecule has 0 atom stereocenters. The molecule has 40 heavy (non-hydrogen) atoms. The number of phenolic OH excluding ortho intramolecular Hbond substituents is 4. The number of nitrogens with one attached hydrogen (secondary N) is 1. The van der Waals surface area contributed by atoms with Gasteiger partial charge in [0.1, 0.15) is 39.5 Å². The first-order chi connectivity index (χ1) is 19.2. The first-order valence-electron chi connectivity index (χ1n) is 11.9. The number of nitrogens with zero attached hydrogens (tertiary/aromatic N) is 3. The van der Waals surface area contributed by atoms with Crippen molar-refractivity contribution in [3.05, 3.63) is 99.7 Å². The number of aromatic nitrogens is 2. The molecule has 1 amide bonds. The summed E-state index contributed by atoms with van der Waals surface area (Å²) >= 11 is 0. The molecule has 4 rings (SSSR count). The van der Waals surface area contributed by atoms with E-state index < -0.39 is 0 Å². The fourth-order valence-corrected chi connectivity index (χ4v) is 5.67.